The minimum absolute atomic E-state index is 0.00404. The Bertz CT molecular complexity index is 1260. The highest BCUT2D eigenvalue weighted by molar-refractivity contribution is 7.89. The number of nitrogens with zero attached hydrogens (tertiary/aromatic N) is 1. The van der Waals surface area contributed by atoms with Gasteiger partial charge in [0.2, 0.25) is 15.8 Å². The maximum atomic E-state index is 13.1. The van der Waals surface area contributed by atoms with Gasteiger partial charge in [0.1, 0.15) is 10.6 Å². The lowest BCUT2D eigenvalue weighted by Crippen LogP contribution is -2.40. The number of ketones is 1. The van der Waals surface area contributed by atoms with Crippen LogP contribution in [0, 0.1) is 0 Å². The summed E-state index contributed by atoms with van der Waals surface area (Å²) in [6, 6.07) is 11.3. The molecular formula is C22H22N2O7S. The summed E-state index contributed by atoms with van der Waals surface area (Å²) in [6.45, 7) is 0.523. The van der Waals surface area contributed by atoms with Crippen LogP contribution in [-0.4, -0.2) is 69.5 Å². The number of carbonyl (C=O) groups excluding carboxylic acids is 2. The molecule has 0 unspecified atom stereocenters. The zero-order chi connectivity index (χ0) is 22.7. The average molecular weight is 458 g/mol. The SMILES string of the molecule is COc1ccc(C(=O)OCC(=O)c2c[nH]c3ccccc23)cc1S(=O)(=O)N1CCOCC1. The van der Waals surface area contributed by atoms with Gasteiger partial charge in [-0.2, -0.15) is 4.31 Å². The minimum Gasteiger partial charge on any atom is -0.495 e. The number of ether oxygens (including phenoxy) is 3. The second-order valence-electron chi connectivity index (χ2n) is 7.13. The highest BCUT2D eigenvalue weighted by Crippen LogP contribution is 2.29. The summed E-state index contributed by atoms with van der Waals surface area (Å²) in [7, 11) is -2.55. The number of hydrogen-bond acceptors (Lipinski definition) is 7. The third-order valence-corrected chi connectivity index (χ3v) is 7.13. The molecule has 168 valence electrons. The van der Waals surface area contributed by atoms with E-state index < -0.39 is 22.6 Å². The molecule has 1 aliphatic rings. The molecule has 3 aromatic rings. The Kier molecular flexibility index (Phi) is 6.26. The number of Topliss-reactive ketones (excluding diaryl/α,β-unsaturated/α-hetero) is 1. The molecular weight excluding hydrogens is 436 g/mol. The van der Waals surface area contributed by atoms with Gasteiger partial charge in [-0.1, -0.05) is 18.2 Å². The highest BCUT2D eigenvalue weighted by Gasteiger charge is 2.30. The van der Waals surface area contributed by atoms with Crippen molar-refractivity contribution < 1.29 is 32.2 Å². The molecule has 1 saturated heterocycles. The van der Waals surface area contributed by atoms with Gasteiger partial charge in [0.05, 0.1) is 25.9 Å². The van der Waals surface area contributed by atoms with Crippen molar-refractivity contribution in [3.8, 4) is 5.75 Å². The van der Waals surface area contributed by atoms with Crippen LogP contribution in [0.2, 0.25) is 0 Å². The van der Waals surface area contributed by atoms with Crippen LogP contribution >= 0.6 is 0 Å². The van der Waals surface area contributed by atoms with E-state index in [0.29, 0.717) is 18.8 Å². The third-order valence-electron chi connectivity index (χ3n) is 5.21. The Hall–Kier alpha value is -3.21. The second-order valence-corrected chi connectivity index (χ2v) is 9.04. The number of esters is 1. The van der Waals surface area contributed by atoms with Crippen LogP contribution in [0.1, 0.15) is 20.7 Å². The molecule has 1 N–H and O–H groups in total. The number of H-pyrrole nitrogens is 1. The van der Waals surface area contributed by atoms with E-state index in [-0.39, 0.29) is 35.1 Å². The molecule has 0 bridgehead atoms. The molecule has 10 heteroatoms. The molecule has 0 aliphatic carbocycles. The first-order chi connectivity index (χ1) is 15.4. The van der Waals surface area contributed by atoms with Gasteiger partial charge in [-0.05, 0) is 24.3 Å². The van der Waals surface area contributed by atoms with Gasteiger partial charge in [0, 0.05) is 35.8 Å². The molecule has 0 radical (unpaired) electrons. The van der Waals surface area contributed by atoms with E-state index in [9.17, 15) is 18.0 Å². The summed E-state index contributed by atoms with van der Waals surface area (Å²) in [5, 5.41) is 0.733. The quantitative estimate of drug-likeness (QED) is 0.426. The summed E-state index contributed by atoms with van der Waals surface area (Å²) >= 11 is 0. The van der Waals surface area contributed by atoms with Crippen LogP contribution in [0.15, 0.2) is 53.6 Å². The number of rotatable bonds is 7. The lowest BCUT2D eigenvalue weighted by molar-refractivity contribution is 0.0475. The number of aromatic amines is 1. The maximum absolute atomic E-state index is 13.1. The molecule has 0 atom stereocenters. The Balaban J connectivity index is 1.52. The lowest BCUT2D eigenvalue weighted by atomic mass is 10.1. The largest absolute Gasteiger partial charge is 0.495 e. The maximum Gasteiger partial charge on any atom is 0.338 e. The van der Waals surface area contributed by atoms with Crippen molar-refractivity contribution in [3.63, 3.8) is 0 Å². The van der Waals surface area contributed by atoms with Crippen molar-refractivity contribution in [2.75, 3.05) is 40.0 Å². The number of methoxy groups -OCH3 is 1. The van der Waals surface area contributed by atoms with Crippen LogP contribution in [0.25, 0.3) is 10.9 Å². The fourth-order valence-corrected chi connectivity index (χ4v) is 5.12. The van der Waals surface area contributed by atoms with Crippen molar-refractivity contribution in [1.29, 1.82) is 0 Å². The number of hydrogen-bond donors (Lipinski definition) is 1. The molecule has 1 aliphatic heterocycles. The number of morpholine rings is 1. The molecule has 0 amide bonds. The Morgan fingerprint density at radius 3 is 2.62 bits per heavy atom. The predicted octanol–water partition coefficient (Wildman–Crippen LogP) is 2.24. The van der Waals surface area contributed by atoms with E-state index in [0.717, 1.165) is 10.9 Å². The fraction of sp³-hybridized carbons (Fsp3) is 0.273. The van der Waals surface area contributed by atoms with Crippen molar-refractivity contribution >= 4 is 32.7 Å². The molecule has 2 aromatic carbocycles. The lowest BCUT2D eigenvalue weighted by Gasteiger charge is -2.26. The standard InChI is InChI=1S/C22H22N2O7S/c1-29-20-7-6-15(12-21(20)32(27,28)24-8-10-30-11-9-24)22(26)31-14-19(25)17-13-23-18-5-3-2-4-16(17)18/h2-7,12-13,23H,8-11,14H2,1H3. The normalized spacial score (nSPS) is 14.9. The first kappa shape index (κ1) is 22.0. The summed E-state index contributed by atoms with van der Waals surface area (Å²) in [5.74, 6) is -1.06. The van der Waals surface area contributed by atoms with Gasteiger partial charge >= 0.3 is 5.97 Å². The van der Waals surface area contributed by atoms with Gasteiger partial charge < -0.3 is 19.2 Å². The van der Waals surface area contributed by atoms with E-state index in [1.807, 2.05) is 18.2 Å². The molecule has 2 heterocycles. The van der Waals surface area contributed by atoms with Crippen LogP contribution in [0.4, 0.5) is 0 Å². The van der Waals surface area contributed by atoms with E-state index in [1.54, 1.807) is 12.3 Å². The number of nitrogens with one attached hydrogen (secondary N) is 1. The van der Waals surface area contributed by atoms with Crippen LogP contribution in [-0.2, 0) is 19.5 Å². The zero-order valence-corrected chi connectivity index (χ0v) is 18.2. The van der Waals surface area contributed by atoms with Crippen LogP contribution in [0.5, 0.6) is 5.75 Å². The monoisotopic (exact) mass is 458 g/mol. The van der Waals surface area contributed by atoms with E-state index in [1.165, 1.54) is 29.6 Å². The van der Waals surface area contributed by atoms with Crippen LogP contribution in [0.3, 0.4) is 0 Å². The second kappa shape index (κ2) is 9.11. The Morgan fingerprint density at radius 1 is 1.12 bits per heavy atom. The number of para-hydroxylation sites is 1. The fourth-order valence-electron chi connectivity index (χ4n) is 3.53. The molecule has 1 fully saturated rings. The minimum atomic E-state index is -3.90. The number of fused-ring (bicyclic) bond motifs is 1. The van der Waals surface area contributed by atoms with Crippen molar-refractivity contribution in [3.05, 3.63) is 59.8 Å². The smallest absolute Gasteiger partial charge is 0.338 e. The first-order valence-electron chi connectivity index (χ1n) is 9.94. The molecule has 0 saturated carbocycles. The van der Waals surface area contributed by atoms with Gasteiger partial charge in [-0.25, -0.2) is 13.2 Å². The van der Waals surface area contributed by atoms with Gasteiger partial charge in [-0.15, -0.1) is 0 Å². The average Bonchev–Trinajstić information content (AvgIpc) is 3.26. The topological polar surface area (TPSA) is 115 Å². The summed E-state index contributed by atoms with van der Waals surface area (Å²) in [5.41, 5.74) is 1.22. The summed E-state index contributed by atoms with van der Waals surface area (Å²) in [6.07, 6.45) is 1.57. The Labute approximate surface area is 184 Å². The van der Waals surface area contributed by atoms with Gasteiger partial charge in [0.25, 0.3) is 0 Å². The molecule has 4 rings (SSSR count). The van der Waals surface area contributed by atoms with E-state index in [2.05, 4.69) is 4.98 Å². The Morgan fingerprint density at radius 2 is 1.88 bits per heavy atom. The number of sulfonamides is 1. The number of benzene rings is 2. The van der Waals surface area contributed by atoms with Gasteiger partial charge in [0.15, 0.2) is 6.61 Å². The van der Waals surface area contributed by atoms with Crippen molar-refractivity contribution in [1.82, 2.24) is 9.29 Å². The summed E-state index contributed by atoms with van der Waals surface area (Å²) < 4.78 is 43.0. The third kappa shape index (κ3) is 4.24. The molecule has 1 aromatic heterocycles. The van der Waals surface area contributed by atoms with Crippen molar-refractivity contribution in [2.24, 2.45) is 0 Å². The first-order valence-corrected chi connectivity index (χ1v) is 11.4. The van der Waals surface area contributed by atoms with E-state index >= 15 is 0 Å². The summed E-state index contributed by atoms with van der Waals surface area (Å²) in [4.78, 5) is 28.0. The molecule has 0 spiro atoms. The predicted molar refractivity (Wildman–Crippen MR) is 115 cm³/mol. The number of carbonyl (C=O) groups is 2. The highest BCUT2D eigenvalue weighted by atomic mass is 32.2. The molecule has 9 nitrogen and oxygen atoms in total. The molecule has 32 heavy (non-hydrogen) atoms. The van der Waals surface area contributed by atoms with Crippen molar-refractivity contribution in [2.45, 2.75) is 4.90 Å². The van der Waals surface area contributed by atoms with E-state index in [4.69, 9.17) is 14.2 Å². The number of aromatic nitrogens is 1. The van der Waals surface area contributed by atoms with Gasteiger partial charge in [-0.3, -0.25) is 4.79 Å². The zero-order valence-electron chi connectivity index (χ0n) is 17.4. The van der Waals surface area contributed by atoms with Crippen LogP contribution < -0.4 is 4.74 Å².